The van der Waals surface area contributed by atoms with Gasteiger partial charge in [0.05, 0.1) is 5.75 Å². The van der Waals surface area contributed by atoms with Gasteiger partial charge in [0, 0.05) is 0 Å². The first kappa shape index (κ1) is 8.33. The van der Waals surface area contributed by atoms with Crippen LogP contribution in [-0.2, 0) is 16.5 Å². The summed E-state index contributed by atoms with van der Waals surface area (Å²) in [5.74, 6) is 0.150. The molecule has 1 aromatic carbocycles. The summed E-state index contributed by atoms with van der Waals surface area (Å²) in [5, 5.41) is 0. The van der Waals surface area contributed by atoms with Gasteiger partial charge in [-0.1, -0.05) is 29.7 Å². The van der Waals surface area contributed by atoms with E-state index in [-0.39, 0.29) is 5.75 Å². The van der Waals surface area contributed by atoms with E-state index in [4.69, 9.17) is 0 Å². The Morgan fingerprint density at radius 2 is 2.09 bits per heavy atom. The normalized spacial score (nSPS) is 10.3. The van der Waals surface area contributed by atoms with Crippen molar-refractivity contribution in [3.63, 3.8) is 0 Å². The molecule has 58 valence electrons. The molecule has 0 saturated carbocycles. The SMILES string of the molecule is Bc1cccc(C[SH](=O)=O)c1. The molecule has 11 heavy (non-hydrogen) atoms. The first-order chi connectivity index (χ1) is 5.18. The van der Waals surface area contributed by atoms with Crippen LogP contribution in [0.1, 0.15) is 5.56 Å². The summed E-state index contributed by atoms with van der Waals surface area (Å²) >= 11 is 0. The third-order valence-corrected chi connectivity index (χ3v) is 2.02. The molecule has 0 heterocycles. The summed E-state index contributed by atoms with van der Waals surface area (Å²) in [6.45, 7) is 0. The maximum Gasteiger partial charge on any atom is 0.144 e. The average Bonchev–Trinajstić information content (AvgIpc) is 1.85. The Labute approximate surface area is 68.6 Å². The highest BCUT2D eigenvalue weighted by molar-refractivity contribution is 7.71. The second-order valence-corrected chi connectivity index (χ2v) is 3.46. The van der Waals surface area contributed by atoms with Crippen molar-refractivity contribution < 1.29 is 8.42 Å². The molecule has 0 saturated heterocycles. The molecule has 1 aromatic rings. The summed E-state index contributed by atoms with van der Waals surface area (Å²) in [6, 6.07) is 7.51. The van der Waals surface area contributed by atoms with E-state index in [1.165, 1.54) is 0 Å². The standard InChI is InChI=1S/C7H9BO2S/c8-7-3-1-2-6(4-7)5-11(9)10/h1-4,11H,5,8H2. The van der Waals surface area contributed by atoms with Crippen molar-refractivity contribution in [3.8, 4) is 0 Å². The van der Waals surface area contributed by atoms with E-state index in [2.05, 4.69) is 0 Å². The highest BCUT2D eigenvalue weighted by Crippen LogP contribution is 1.96. The maximum absolute atomic E-state index is 10.3. The van der Waals surface area contributed by atoms with Crippen molar-refractivity contribution in [2.45, 2.75) is 5.75 Å². The van der Waals surface area contributed by atoms with Crippen LogP contribution in [0.5, 0.6) is 0 Å². The van der Waals surface area contributed by atoms with E-state index >= 15 is 0 Å². The zero-order valence-electron chi connectivity index (χ0n) is 6.28. The molecular weight excluding hydrogens is 159 g/mol. The van der Waals surface area contributed by atoms with Crippen LogP contribution in [0.2, 0.25) is 0 Å². The monoisotopic (exact) mass is 168 g/mol. The Bertz CT molecular complexity index is 312. The van der Waals surface area contributed by atoms with Crippen molar-refractivity contribution >= 4 is 24.0 Å². The quantitative estimate of drug-likeness (QED) is 0.456. The zero-order chi connectivity index (χ0) is 8.27. The topological polar surface area (TPSA) is 34.1 Å². The predicted octanol–water partition coefficient (Wildman–Crippen LogP) is -0.944. The number of hydrogen-bond acceptors (Lipinski definition) is 2. The highest BCUT2D eigenvalue weighted by Gasteiger charge is 1.92. The molecule has 4 heteroatoms. The van der Waals surface area contributed by atoms with Gasteiger partial charge in [-0.2, -0.15) is 0 Å². The van der Waals surface area contributed by atoms with Crippen LogP contribution in [0.15, 0.2) is 24.3 Å². The van der Waals surface area contributed by atoms with Gasteiger partial charge in [-0.3, -0.25) is 0 Å². The Morgan fingerprint density at radius 3 is 2.64 bits per heavy atom. The predicted molar refractivity (Wildman–Crippen MR) is 48.6 cm³/mol. The molecule has 0 fully saturated rings. The molecule has 1 rings (SSSR count). The van der Waals surface area contributed by atoms with E-state index in [0.717, 1.165) is 11.0 Å². The minimum Gasteiger partial charge on any atom is -0.232 e. The van der Waals surface area contributed by atoms with Crippen molar-refractivity contribution in [3.05, 3.63) is 29.8 Å². The van der Waals surface area contributed by atoms with Gasteiger partial charge in [0.2, 0.25) is 0 Å². The van der Waals surface area contributed by atoms with Crippen molar-refractivity contribution in [2.75, 3.05) is 0 Å². The summed E-state index contributed by atoms with van der Waals surface area (Å²) in [4.78, 5) is 0. The van der Waals surface area contributed by atoms with Gasteiger partial charge in [0.1, 0.15) is 18.6 Å². The van der Waals surface area contributed by atoms with Gasteiger partial charge in [-0.05, 0) is 5.56 Å². The minimum absolute atomic E-state index is 0.150. The summed E-state index contributed by atoms with van der Waals surface area (Å²) < 4.78 is 20.6. The zero-order valence-corrected chi connectivity index (χ0v) is 7.17. The van der Waals surface area contributed by atoms with E-state index < -0.39 is 10.7 Å². The molecule has 0 bridgehead atoms. The Kier molecular flexibility index (Phi) is 2.71. The molecule has 0 aromatic heterocycles. The summed E-state index contributed by atoms with van der Waals surface area (Å²) in [5.41, 5.74) is 1.96. The van der Waals surface area contributed by atoms with Crippen molar-refractivity contribution in [1.82, 2.24) is 0 Å². The van der Waals surface area contributed by atoms with Gasteiger partial charge >= 0.3 is 0 Å². The molecule has 0 aliphatic heterocycles. The van der Waals surface area contributed by atoms with Gasteiger partial charge in [0.25, 0.3) is 0 Å². The fourth-order valence-electron chi connectivity index (χ4n) is 0.960. The maximum atomic E-state index is 10.3. The van der Waals surface area contributed by atoms with Crippen LogP contribution in [0.25, 0.3) is 0 Å². The Balaban J connectivity index is 2.87. The van der Waals surface area contributed by atoms with Gasteiger partial charge in [-0.15, -0.1) is 0 Å². The smallest absolute Gasteiger partial charge is 0.144 e. The molecular formula is C7H9BO2S. The van der Waals surface area contributed by atoms with Crippen LogP contribution in [0, 0.1) is 0 Å². The van der Waals surface area contributed by atoms with E-state index in [1.54, 1.807) is 0 Å². The van der Waals surface area contributed by atoms with Crippen LogP contribution in [0.3, 0.4) is 0 Å². The van der Waals surface area contributed by atoms with Crippen molar-refractivity contribution in [2.24, 2.45) is 0 Å². The average molecular weight is 168 g/mol. The van der Waals surface area contributed by atoms with Crippen molar-refractivity contribution in [1.29, 1.82) is 0 Å². The Morgan fingerprint density at radius 1 is 1.36 bits per heavy atom. The molecule has 0 N–H and O–H groups in total. The molecule has 0 aliphatic rings. The van der Waals surface area contributed by atoms with Crippen LogP contribution in [0.4, 0.5) is 0 Å². The Hall–Kier alpha value is -0.765. The largest absolute Gasteiger partial charge is 0.232 e. The lowest BCUT2D eigenvalue weighted by atomic mass is 9.95. The second kappa shape index (κ2) is 3.58. The minimum atomic E-state index is -2.29. The molecule has 0 atom stereocenters. The van der Waals surface area contributed by atoms with E-state index in [1.807, 2.05) is 32.1 Å². The second-order valence-electron chi connectivity index (χ2n) is 2.48. The lowest BCUT2D eigenvalue weighted by Gasteiger charge is -1.95. The van der Waals surface area contributed by atoms with E-state index in [9.17, 15) is 8.42 Å². The molecule has 0 amide bonds. The highest BCUT2D eigenvalue weighted by atomic mass is 32.2. The molecule has 0 aliphatic carbocycles. The van der Waals surface area contributed by atoms with Gasteiger partial charge in [-0.25, -0.2) is 8.42 Å². The van der Waals surface area contributed by atoms with Gasteiger partial charge < -0.3 is 0 Å². The fourth-order valence-corrected chi connectivity index (χ4v) is 1.45. The van der Waals surface area contributed by atoms with Crippen LogP contribution in [-0.4, -0.2) is 16.3 Å². The number of thiol groups is 1. The van der Waals surface area contributed by atoms with Crippen LogP contribution >= 0.6 is 0 Å². The van der Waals surface area contributed by atoms with Crippen LogP contribution < -0.4 is 5.46 Å². The van der Waals surface area contributed by atoms with Gasteiger partial charge in [0.15, 0.2) is 0 Å². The third kappa shape index (κ3) is 2.76. The lowest BCUT2D eigenvalue weighted by Crippen LogP contribution is -2.02. The van der Waals surface area contributed by atoms with E-state index in [0.29, 0.717) is 0 Å². The number of hydrogen-bond donors (Lipinski definition) is 1. The first-order valence-electron chi connectivity index (χ1n) is 3.36. The number of benzene rings is 1. The molecule has 0 radical (unpaired) electrons. The lowest BCUT2D eigenvalue weighted by molar-refractivity contribution is 0.614. The first-order valence-corrected chi connectivity index (χ1v) is 4.72. The molecule has 2 nitrogen and oxygen atoms in total. The summed E-state index contributed by atoms with van der Waals surface area (Å²) in [6.07, 6.45) is 0. The summed E-state index contributed by atoms with van der Waals surface area (Å²) in [7, 11) is -0.343. The fraction of sp³-hybridized carbons (Fsp3) is 0.143. The number of rotatable bonds is 2. The molecule has 0 spiro atoms. The third-order valence-electron chi connectivity index (χ3n) is 1.39. The molecule has 0 unspecified atom stereocenters.